The molecule has 30 heavy (non-hydrogen) atoms. The van der Waals surface area contributed by atoms with Crippen molar-refractivity contribution in [2.75, 3.05) is 26.3 Å². The number of hydrogen-bond acceptors (Lipinski definition) is 4. The lowest BCUT2D eigenvalue weighted by atomic mass is 9.81. The predicted molar refractivity (Wildman–Crippen MR) is 119 cm³/mol. The van der Waals surface area contributed by atoms with Crippen LogP contribution in [-0.4, -0.2) is 48.6 Å². The van der Waals surface area contributed by atoms with E-state index in [9.17, 15) is 9.59 Å². The molecular weight excluding hydrogens is 380 g/mol. The van der Waals surface area contributed by atoms with E-state index in [0.717, 1.165) is 32.4 Å². The van der Waals surface area contributed by atoms with Crippen LogP contribution in [0.3, 0.4) is 0 Å². The Kier molecular flexibility index (Phi) is 8.16. The molecule has 6 heteroatoms. The van der Waals surface area contributed by atoms with Gasteiger partial charge in [-0.25, -0.2) is 0 Å². The number of likely N-dealkylation sites (tertiary alicyclic amines) is 1. The molecule has 1 fully saturated rings. The normalized spacial score (nSPS) is 14.9. The molecule has 168 valence electrons. The van der Waals surface area contributed by atoms with Gasteiger partial charge < -0.3 is 19.7 Å². The summed E-state index contributed by atoms with van der Waals surface area (Å²) in [7, 11) is 0. The molecule has 1 aliphatic rings. The summed E-state index contributed by atoms with van der Waals surface area (Å²) in [4.78, 5) is 27.1. The van der Waals surface area contributed by atoms with Gasteiger partial charge in [-0.1, -0.05) is 20.8 Å². The van der Waals surface area contributed by atoms with Crippen LogP contribution < -0.4 is 14.8 Å². The van der Waals surface area contributed by atoms with Crippen LogP contribution >= 0.6 is 0 Å². The fraction of sp³-hybridized carbons (Fsp3) is 0.667. The van der Waals surface area contributed by atoms with Crippen molar-refractivity contribution >= 4 is 11.8 Å². The van der Waals surface area contributed by atoms with Gasteiger partial charge in [0.05, 0.1) is 6.61 Å². The van der Waals surface area contributed by atoms with Crippen molar-refractivity contribution in [3.63, 3.8) is 0 Å². The number of nitrogens with one attached hydrogen (secondary N) is 1. The second-order valence-electron chi connectivity index (χ2n) is 9.90. The molecule has 0 aliphatic carbocycles. The molecule has 2 rings (SSSR count). The van der Waals surface area contributed by atoms with Crippen molar-refractivity contribution < 1.29 is 19.1 Å². The molecule has 6 nitrogen and oxygen atoms in total. The van der Waals surface area contributed by atoms with Gasteiger partial charge in [-0.15, -0.1) is 0 Å². The van der Waals surface area contributed by atoms with E-state index in [1.807, 2.05) is 25.7 Å². The van der Waals surface area contributed by atoms with E-state index in [1.54, 1.807) is 18.2 Å². The zero-order chi connectivity index (χ0) is 22.4. The molecule has 0 radical (unpaired) electrons. The van der Waals surface area contributed by atoms with Gasteiger partial charge in [-0.2, -0.15) is 0 Å². The number of hydrogen-bond donors (Lipinski definition) is 1. The van der Waals surface area contributed by atoms with Gasteiger partial charge in [0.15, 0.2) is 18.1 Å². The minimum Gasteiger partial charge on any atom is -0.490 e. The third-order valence-corrected chi connectivity index (χ3v) is 4.99. The third-order valence-electron chi connectivity index (χ3n) is 4.99. The first-order valence-electron chi connectivity index (χ1n) is 11.0. The molecule has 1 aliphatic heterocycles. The van der Waals surface area contributed by atoms with Crippen molar-refractivity contribution in [1.82, 2.24) is 10.2 Å². The van der Waals surface area contributed by atoms with E-state index >= 15 is 0 Å². The Labute approximate surface area is 181 Å². The highest BCUT2D eigenvalue weighted by Crippen LogP contribution is 2.30. The molecule has 1 N–H and O–H groups in total. The minimum atomic E-state index is -0.336. The average Bonchev–Trinajstić information content (AvgIpc) is 2.65. The largest absolute Gasteiger partial charge is 0.490 e. The number of carbonyl (C=O) groups is 2. The van der Waals surface area contributed by atoms with E-state index in [1.165, 1.54) is 6.42 Å². The zero-order valence-corrected chi connectivity index (χ0v) is 19.5. The summed E-state index contributed by atoms with van der Waals surface area (Å²) >= 11 is 0. The Bertz CT molecular complexity index is 731. The number of benzene rings is 1. The van der Waals surface area contributed by atoms with E-state index in [2.05, 4.69) is 26.1 Å². The lowest BCUT2D eigenvalue weighted by Gasteiger charge is -2.33. The Morgan fingerprint density at radius 1 is 1.00 bits per heavy atom. The van der Waals surface area contributed by atoms with E-state index < -0.39 is 0 Å². The van der Waals surface area contributed by atoms with Crippen LogP contribution in [0.4, 0.5) is 0 Å². The molecule has 0 bridgehead atoms. The summed E-state index contributed by atoms with van der Waals surface area (Å²) in [5.41, 5.74) is 0.276. The summed E-state index contributed by atoms with van der Waals surface area (Å²) in [5, 5.41) is 3.12. The molecule has 1 aromatic carbocycles. The number of ether oxygens (including phenoxy) is 2. The summed E-state index contributed by atoms with van der Waals surface area (Å²) < 4.78 is 11.4. The zero-order valence-electron chi connectivity index (χ0n) is 19.5. The number of piperidine rings is 1. The Morgan fingerprint density at radius 3 is 2.27 bits per heavy atom. The molecule has 0 unspecified atom stereocenters. The number of rotatable bonds is 8. The summed E-state index contributed by atoms with van der Waals surface area (Å²) in [6.45, 7) is 14.4. The molecule has 0 atom stereocenters. The fourth-order valence-electron chi connectivity index (χ4n) is 4.16. The second-order valence-corrected chi connectivity index (χ2v) is 9.90. The average molecular weight is 419 g/mol. The number of carbonyl (C=O) groups excluding carboxylic acids is 2. The summed E-state index contributed by atoms with van der Waals surface area (Å²) in [6, 6.07) is 5.11. The molecule has 2 amide bonds. The van der Waals surface area contributed by atoms with Crippen LogP contribution in [0.25, 0.3) is 0 Å². The molecular formula is C24H38N2O4. The van der Waals surface area contributed by atoms with Crippen molar-refractivity contribution in [1.29, 1.82) is 0 Å². The van der Waals surface area contributed by atoms with Crippen molar-refractivity contribution in [2.24, 2.45) is 5.41 Å². The van der Waals surface area contributed by atoms with Crippen LogP contribution in [0.5, 0.6) is 11.5 Å². The van der Waals surface area contributed by atoms with Gasteiger partial charge in [0.25, 0.3) is 11.8 Å². The predicted octanol–water partition coefficient (Wildman–Crippen LogP) is 4.42. The standard InChI is InChI=1S/C24H38N2O4/c1-7-29-20-15-18(22(28)25-24(5,6)17-23(2,3)4)11-12-19(20)30-16-21(27)26-13-9-8-10-14-26/h11-12,15H,7-10,13-14,16-17H2,1-6H3,(H,25,28). The summed E-state index contributed by atoms with van der Waals surface area (Å²) in [5.74, 6) is 0.793. The highest BCUT2D eigenvalue weighted by molar-refractivity contribution is 5.95. The quantitative estimate of drug-likeness (QED) is 0.678. The molecule has 0 saturated carbocycles. The molecule has 1 saturated heterocycles. The van der Waals surface area contributed by atoms with Crippen LogP contribution in [0.1, 0.15) is 77.6 Å². The summed E-state index contributed by atoms with van der Waals surface area (Å²) in [6.07, 6.45) is 4.12. The Hall–Kier alpha value is -2.24. The fourth-order valence-corrected chi connectivity index (χ4v) is 4.16. The first-order valence-corrected chi connectivity index (χ1v) is 11.0. The van der Waals surface area contributed by atoms with Gasteiger partial charge in [0, 0.05) is 24.2 Å². The van der Waals surface area contributed by atoms with Crippen molar-refractivity contribution in [2.45, 2.75) is 72.8 Å². The van der Waals surface area contributed by atoms with E-state index in [0.29, 0.717) is 23.7 Å². The topological polar surface area (TPSA) is 67.9 Å². The monoisotopic (exact) mass is 418 g/mol. The highest BCUT2D eigenvalue weighted by Gasteiger charge is 2.27. The Balaban J connectivity index is 2.06. The van der Waals surface area contributed by atoms with Crippen molar-refractivity contribution in [3.8, 4) is 11.5 Å². The van der Waals surface area contributed by atoms with Gasteiger partial charge in [-0.3, -0.25) is 9.59 Å². The first kappa shape index (κ1) is 24.0. The maximum absolute atomic E-state index is 12.8. The molecule has 1 aromatic rings. The maximum Gasteiger partial charge on any atom is 0.260 e. The number of nitrogens with zero attached hydrogens (tertiary/aromatic N) is 1. The minimum absolute atomic E-state index is 0.0112. The Morgan fingerprint density at radius 2 is 1.67 bits per heavy atom. The van der Waals surface area contributed by atoms with Crippen LogP contribution in [0.15, 0.2) is 18.2 Å². The van der Waals surface area contributed by atoms with Gasteiger partial charge in [0.2, 0.25) is 0 Å². The molecule has 0 spiro atoms. The maximum atomic E-state index is 12.8. The van der Waals surface area contributed by atoms with Crippen molar-refractivity contribution in [3.05, 3.63) is 23.8 Å². The SMILES string of the molecule is CCOc1cc(C(=O)NC(C)(C)CC(C)(C)C)ccc1OCC(=O)N1CCCCC1. The van der Waals surface area contributed by atoms with E-state index in [4.69, 9.17) is 9.47 Å². The second kappa shape index (κ2) is 10.2. The third kappa shape index (κ3) is 7.54. The van der Waals surface area contributed by atoms with Crippen LogP contribution in [0.2, 0.25) is 0 Å². The number of amides is 2. The van der Waals surface area contributed by atoms with Gasteiger partial charge >= 0.3 is 0 Å². The first-order chi connectivity index (χ1) is 14.0. The van der Waals surface area contributed by atoms with Crippen LogP contribution in [0, 0.1) is 5.41 Å². The smallest absolute Gasteiger partial charge is 0.260 e. The molecule has 1 heterocycles. The van der Waals surface area contributed by atoms with Gasteiger partial charge in [0.1, 0.15) is 0 Å². The van der Waals surface area contributed by atoms with E-state index in [-0.39, 0.29) is 29.4 Å². The molecule has 0 aromatic heterocycles. The van der Waals surface area contributed by atoms with Crippen LogP contribution in [-0.2, 0) is 4.79 Å². The highest BCUT2D eigenvalue weighted by atomic mass is 16.5. The lowest BCUT2D eigenvalue weighted by Crippen LogP contribution is -2.45. The lowest BCUT2D eigenvalue weighted by molar-refractivity contribution is -0.134. The van der Waals surface area contributed by atoms with Gasteiger partial charge in [-0.05, 0) is 70.1 Å².